The first-order valence-corrected chi connectivity index (χ1v) is 12.0. The molecule has 1 aliphatic carbocycles. The molecule has 0 saturated heterocycles. The molecule has 1 aromatic carbocycles. The van der Waals surface area contributed by atoms with Crippen molar-refractivity contribution in [3.05, 3.63) is 29.8 Å². The monoisotopic (exact) mass is 405 g/mol. The van der Waals surface area contributed by atoms with E-state index in [9.17, 15) is 13.2 Å². The number of unbranched alkanes of at least 4 members (excludes halogenated alkanes) is 2. The molecule has 1 N–H and O–H groups in total. The van der Waals surface area contributed by atoms with Crippen molar-refractivity contribution in [2.24, 2.45) is 4.99 Å². The third kappa shape index (κ3) is 4.93. The van der Waals surface area contributed by atoms with Gasteiger partial charge < -0.3 is 4.90 Å². The smallest absolute Gasteiger partial charge is 0.263 e. The van der Waals surface area contributed by atoms with E-state index in [0.29, 0.717) is 35.3 Å². The van der Waals surface area contributed by atoms with Crippen molar-refractivity contribution in [2.75, 3.05) is 13.1 Å². The first-order chi connectivity index (χ1) is 13.5. The number of amides is 1. The quantitative estimate of drug-likeness (QED) is 0.673. The SMILES string of the molecule is CCN(C(=O)CCCCCN=C1NS(=O)(=O)c2ccccc21)C1CCCCC1. The number of sulfonamides is 1. The normalized spacial score (nSPS) is 20.0. The number of aliphatic imine (C=N–C) groups is 1. The summed E-state index contributed by atoms with van der Waals surface area (Å²) >= 11 is 0. The number of benzene rings is 1. The highest BCUT2D eigenvalue weighted by Crippen LogP contribution is 2.24. The number of hydrogen-bond donors (Lipinski definition) is 1. The maximum absolute atomic E-state index is 12.5. The number of carbonyl (C=O) groups is 1. The van der Waals surface area contributed by atoms with Gasteiger partial charge in [-0.15, -0.1) is 0 Å². The summed E-state index contributed by atoms with van der Waals surface area (Å²) in [6, 6.07) is 7.33. The van der Waals surface area contributed by atoms with E-state index in [1.807, 2.05) is 6.07 Å². The third-order valence-corrected chi connectivity index (χ3v) is 7.06. The minimum absolute atomic E-state index is 0.276. The van der Waals surface area contributed by atoms with Crippen LogP contribution in [0.15, 0.2) is 34.2 Å². The molecule has 0 spiro atoms. The summed E-state index contributed by atoms with van der Waals surface area (Å²) in [4.78, 5) is 19.3. The van der Waals surface area contributed by atoms with Crippen molar-refractivity contribution in [2.45, 2.75) is 75.6 Å². The van der Waals surface area contributed by atoms with Gasteiger partial charge in [-0.25, -0.2) is 8.42 Å². The molecule has 0 atom stereocenters. The van der Waals surface area contributed by atoms with Gasteiger partial charge in [0.05, 0.1) is 4.90 Å². The van der Waals surface area contributed by atoms with Crippen LogP contribution >= 0.6 is 0 Å². The molecule has 0 unspecified atom stereocenters. The van der Waals surface area contributed by atoms with Gasteiger partial charge in [0.2, 0.25) is 5.91 Å². The van der Waals surface area contributed by atoms with Gasteiger partial charge in [0.25, 0.3) is 10.0 Å². The second-order valence-electron chi connectivity index (χ2n) is 7.61. The Morgan fingerprint density at radius 1 is 1.14 bits per heavy atom. The van der Waals surface area contributed by atoms with Crippen molar-refractivity contribution < 1.29 is 13.2 Å². The fourth-order valence-electron chi connectivity index (χ4n) is 4.18. The van der Waals surface area contributed by atoms with Crippen molar-refractivity contribution in [1.29, 1.82) is 0 Å². The first kappa shape index (κ1) is 20.8. The second kappa shape index (κ2) is 9.54. The molecular formula is C21H31N3O3S. The number of nitrogens with one attached hydrogen (secondary N) is 1. The van der Waals surface area contributed by atoms with E-state index in [1.165, 1.54) is 19.3 Å². The first-order valence-electron chi connectivity index (χ1n) is 10.5. The van der Waals surface area contributed by atoms with E-state index in [2.05, 4.69) is 21.5 Å². The van der Waals surface area contributed by atoms with Gasteiger partial charge in [-0.2, -0.15) is 0 Å². The van der Waals surface area contributed by atoms with Crippen LogP contribution in [0.1, 0.15) is 70.3 Å². The van der Waals surface area contributed by atoms with E-state index < -0.39 is 10.0 Å². The Bertz CT molecular complexity index is 814. The van der Waals surface area contributed by atoms with E-state index in [1.54, 1.807) is 18.2 Å². The third-order valence-electron chi connectivity index (χ3n) is 5.66. The predicted molar refractivity (Wildman–Crippen MR) is 111 cm³/mol. The minimum Gasteiger partial charge on any atom is -0.340 e. The van der Waals surface area contributed by atoms with Crippen LogP contribution < -0.4 is 4.72 Å². The van der Waals surface area contributed by atoms with Gasteiger partial charge in [0, 0.05) is 31.1 Å². The van der Waals surface area contributed by atoms with Crippen molar-refractivity contribution in [3.8, 4) is 0 Å². The van der Waals surface area contributed by atoms with Crippen LogP contribution in [0.5, 0.6) is 0 Å². The lowest BCUT2D eigenvalue weighted by Gasteiger charge is -2.33. The summed E-state index contributed by atoms with van der Waals surface area (Å²) < 4.78 is 26.6. The molecule has 7 heteroatoms. The van der Waals surface area contributed by atoms with E-state index in [0.717, 1.165) is 38.6 Å². The zero-order valence-electron chi connectivity index (χ0n) is 16.7. The van der Waals surface area contributed by atoms with E-state index >= 15 is 0 Å². The van der Waals surface area contributed by atoms with Gasteiger partial charge >= 0.3 is 0 Å². The molecule has 1 aliphatic heterocycles. The van der Waals surface area contributed by atoms with Crippen LogP contribution in [-0.4, -0.2) is 44.2 Å². The van der Waals surface area contributed by atoms with Crippen LogP contribution in [0.25, 0.3) is 0 Å². The lowest BCUT2D eigenvalue weighted by molar-refractivity contribution is -0.134. The summed E-state index contributed by atoms with van der Waals surface area (Å²) in [6.45, 7) is 3.43. The Morgan fingerprint density at radius 3 is 2.64 bits per heavy atom. The molecule has 6 nitrogen and oxygen atoms in total. The number of amidine groups is 1. The maximum Gasteiger partial charge on any atom is 0.263 e. The molecule has 1 saturated carbocycles. The number of hydrogen-bond acceptors (Lipinski definition) is 4. The summed E-state index contributed by atoms with van der Waals surface area (Å²) in [5, 5.41) is 0. The summed E-state index contributed by atoms with van der Waals surface area (Å²) in [5.41, 5.74) is 0.642. The average Bonchev–Trinajstić information content (AvgIpc) is 2.96. The average molecular weight is 406 g/mol. The summed E-state index contributed by atoms with van der Waals surface area (Å²) in [6.07, 6.45) is 9.28. The summed E-state index contributed by atoms with van der Waals surface area (Å²) in [7, 11) is -3.47. The highest BCUT2D eigenvalue weighted by Gasteiger charge is 2.29. The molecule has 0 bridgehead atoms. The molecule has 1 aromatic rings. The molecule has 1 heterocycles. The highest BCUT2D eigenvalue weighted by atomic mass is 32.2. The molecule has 3 rings (SSSR count). The Hall–Kier alpha value is -1.89. The van der Waals surface area contributed by atoms with Crippen molar-refractivity contribution in [1.82, 2.24) is 9.62 Å². The van der Waals surface area contributed by atoms with E-state index in [-0.39, 0.29) is 5.91 Å². The molecule has 1 amide bonds. The second-order valence-corrected chi connectivity index (χ2v) is 9.27. The van der Waals surface area contributed by atoms with Gasteiger partial charge in [0.1, 0.15) is 5.84 Å². The van der Waals surface area contributed by atoms with Crippen LogP contribution in [-0.2, 0) is 14.8 Å². The zero-order valence-corrected chi connectivity index (χ0v) is 17.5. The fraction of sp³-hybridized carbons (Fsp3) is 0.619. The number of carbonyl (C=O) groups excluding carboxylic acids is 1. The Labute approximate surface area is 168 Å². The molecule has 2 aliphatic rings. The number of nitrogens with zero attached hydrogens (tertiary/aromatic N) is 2. The molecule has 28 heavy (non-hydrogen) atoms. The Kier molecular flexibility index (Phi) is 7.10. The minimum atomic E-state index is -3.47. The molecule has 0 radical (unpaired) electrons. The largest absolute Gasteiger partial charge is 0.340 e. The van der Waals surface area contributed by atoms with Crippen LogP contribution in [0.4, 0.5) is 0 Å². The number of rotatable bonds is 8. The molecule has 154 valence electrons. The predicted octanol–water partition coefficient (Wildman–Crippen LogP) is 3.47. The lowest BCUT2D eigenvalue weighted by Crippen LogP contribution is -2.41. The van der Waals surface area contributed by atoms with Gasteiger partial charge in [-0.3, -0.25) is 14.5 Å². The maximum atomic E-state index is 12.5. The fourth-order valence-corrected chi connectivity index (χ4v) is 5.43. The lowest BCUT2D eigenvalue weighted by atomic mass is 9.94. The van der Waals surface area contributed by atoms with Crippen molar-refractivity contribution >= 4 is 21.8 Å². The van der Waals surface area contributed by atoms with Gasteiger partial charge in [-0.1, -0.05) is 37.8 Å². The van der Waals surface area contributed by atoms with E-state index in [4.69, 9.17) is 0 Å². The van der Waals surface area contributed by atoms with Gasteiger partial charge in [-0.05, 0) is 44.7 Å². The molecular weight excluding hydrogens is 374 g/mol. The van der Waals surface area contributed by atoms with Crippen molar-refractivity contribution in [3.63, 3.8) is 0 Å². The van der Waals surface area contributed by atoms with Crippen LogP contribution in [0.2, 0.25) is 0 Å². The Balaban J connectivity index is 1.42. The molecule has 1 fully saturated rings. The number of fused-ring (bicyclic) bond motifs is 1. The topological polar surface area (TPSA) is 78.8 Å². The van der Waals surface area contributed by atoms with Crippen LogP contribution in [0.3, 0.4) is 0 Å². The standard InChI is InChI=1S/C21H31N3O3S/c1-2-24(17-11-5-3-6-12-17)20(25)15-7-4-10-16-22-21-18-13-8-9-14-19(18)28(26,27)23-21/h8-9,13-14,17H,2-7,10-12,15-16H2,1H3,(H,22,23). The molecule has 0 aromatic heterocycles. The zero-order chi connectivity index (χ0) is 20.0. The highest BCUT2D eigenvalue weighted by molar-refractivity contribution is 7.90. The Morgan fingerprint density at radius 2 is 1.89 bits per heavy atom. The van der Waals surface area contributed by atoms with Gasteiger partial charge in [0.15, 0.2) is 0 Å². The summed E-state index contributed by atoms with van der Waals surface area (Å²) in [5.74, 6) is 0.708. The van der Waals surface area contributed by atoms with Crippen LogP contribution in [0, 0.1) is 0 Å².